The molecule has 0 saturated heterocycles. The zero-order chi connectivity index (χ0) is 15.3. The first-order valence-electron chi connectivity index (χ1n) is 6.40. The number of benzene rings is 1. The topological polar surface area (TPSA) is 105 Å². The molecule has 0 amide bonds. The average molecular weight is 307 g/mol. The van der Waals surface area contributed by atoms with Crippen LogP contribution in [0, 0.1) is 0 Å². The molecule has 0 aliphatic carbocycles. The number of nitrogens with one attached hydrogen (secondary N) is 1. The van der Waals surface area contributed by atoms with Gasteiger partial charge in [0.05, 0.1) is 6.61 Å². The molecule has 6 nitrogen and oxygen atoms in total. The summed E-state index contributed by atoms with van der Waals surface area (Å²) in [5, 5.41) is 9.39. The molecule has 0 bridgehead atoms. The molecule has 112 valence electrons. The number of aliphatic hydroxyl groups excluding tert-OH is 1. The molecular weight excluding hydrogens is 290 g/mol. The van der Waals surface area contributed by atoms with E-state index in [2.05, 4.69) is 9.71 Å². The van der Waals surface area contributed by atoms with Crippen molar-refractivity contribution in [1.82, 2.24) is 9.71 Å². The van der Waals surface area contributed by atoms with E-state index in [1.807, 2.05) is 30.3 Å². The van der Waals surface area contributed by atoms with E-state index < -0.39 is 16.1 Å². The van der Waals surface area contributed by atoms with E-state index in [9.17, 15) is 13.5 Å². The normalized spacial score (nSPS) is 13.0. The van der Waals surface area contributed by atoms with Gasteiger partial charge in [0.1, 0.15) is 10.7 Å². The quantitative estimate of drug-likeness (QED) is 0.722. The van der Waals surface area contributed by atoms with E-state index in [1.54, 1.807) is 0 Å². The lowest BCUT2D eigenvalue weighted by Gasteiger charge is -2.17. The van der Waals surface area contributed by atoms with E-state index in [0.29, 0.717) is 6.42 Å². The van der Waals surface area contributed by atoms with Crippen molar-refractivity contribution in [2.75, 3.05) is 12.3 Å². The predicted molar refractivity (Wildman–Crippen MR) is 80.0 cm³/mol. The SMILES string of the molecule is Nc1ncccc1S(=O)(=O)N[C@H](CO)Cc1ccccc1. The molecule has 0 saturated carbocycles. The third-order valence-corrected chi connectivity index (χ3v) is 4.52. The Kier molecular flexibility index (Phi) is 4.89. The average Bonchev–Trinajstić information content (AvgIpc) is 2.47. The zero-order valence-corrected chi connectivity index (χ0v) is 12.1. The van der Waals surface area contributed by atoms with Crippen LogP contribution in [0.2, 0.25) is 0 Å². The molecule has 4 N–H and O–H groups in total. The molecule has 1 heterocycles. The number of nitrogens with two attached hydrogens (primary N) is 1. The fourth-order valence-electron chi connectivity index (χ4n) is 1.95. The van der Waals surface area contributed by atoms with Gasteiger partial charge < -0.3 is 10.8 Å². The maximum absolute atomic E-state index is 12.3. The molecule has 7 heteroatoms. The van der Waals surface area contributed by atoms with Crippen LogP contribution in [-0.4, -0.2) is 31.2 Å². The third kappa shape index (κ3) is 4.01. The summed E-state index contributed by atoms with van der Waals surface area (Å²) >= 11 is 0. The Bertz CT molecular complexity index is 690. The third-order valence-electron chi connectivity index (χ3n) is 2.96. The van der Waals surface area contributed by atoms with Gasteiger partial charge in [-0.25, -0.2) is 18.1 Å². The lowest BCUT2D eigenvalue weighted by Crippen LogP contribution is -2.39. The second-order valence-electron chi connectivity index (χ2n) is 4.58. The lowest BCUT2D eigenvalue weighted by molar-refractivity contribution is 0.256. The van der Waals surface area contributed by atoms with Crippen molar-refractivity contribution >= 4 is 15.8 Å². The lowest BCUT2D eigenvalue weighted by atomic mass is 10.1. The highest BCUT2D eigenvalue weighted by Crippen LogP contribution is 2.15. The second-order valence-corrected chi connectivity index (χ2v) is 6.26. The Balaban J connectivity index is 2.16. The van der Waals surface area contributed by atoms with Gasteiger partial charge in [0.15, 0.2) is 0 Å². The van der Waals surface area contributed by atoms with Crippen LogP contribution in [-0.2, 0) is 16.4 Å². The summed E-state index contributed by atoms with van der Waals surface area (Å²) in [6, 6.07) is 11.6. The highest BCUT2D eigenvalue weighted by molar-refractivity contribution is 7.89. The number of nitrogens with zero attached hydrogens (tertiary/aromatic N) is 1. The molecular formula is C14H17N3O3S. The molecule has 0 spiro atoms. The van der Waals surface area contributed by atoms with Crippen LogP contribution >= 0.6 is 0 Å². The number of hydrogen-bond acceptors (Lipinski definition) is 5. The molecule has 0 aliphatic heterocycles. The molecule has 0 unspecified atom stereocenters. The molecule has 2 rings (SSSR count). The van der Waals surface area contributed by atoms with Crippen molar-refractivity contribution < 1.29 is 13.5 Å². The Morgan fingerprint density at radius 3 is 2.52 bits per heavy atom. The van der Waals surface area contributed by atoms with Gasteiger partial charge in [0.25, 0.3) is 0 Å². The number of pyridine rings is 1. The van der Waals surface area contributed by atoms with Gasteiger partial charge in [-0.1, -0.05) is 30.3 Å². The van der Waals surface area contributed by atoms with Crippen LogP contribution < -0.4 is 10.5 Å². The molecule has 21 heavy (non-hydrogen) atoms. The molecule has 2 aromatic rings. The minimum absolute atomic E-state index is 0.0681. The maximum atomic E-state index is 12.3. The van der Waals surface area contributed by atoms with Crippen LogP contribution in [0.1, 0.15) is 5.56 Å². The largest absolute Gasteiger partial charge is 0.395 e. The van der Waals surface area contributed by atoms with Gasteiger partial charge in [-0.05, 0) is 24.1 Å². The zero-order valence-electron chi connectivity index (χ0n) is 11.3. The van der Waals surface area contributed by atoms with Crippen LogP contribution in [0.3, 0.4) is 0 Å². The van der Waals surface area contributed by atoms with E-state index in [-0.39, 0.29) is 17.3 Å². The Labute approximate surface area is 123 Å². The summed E-state index contributed by atoms with van der Waals surface area (Å²) in [6.07, 6.45) is 1.80. The van der Waals surface area contributed by atoms with Crippen molar-refractivity contribution in [3.63, 3.8) is 0 Å². The minimum Gasteiger partial charge on any atom is -0.395 e. The molecule has 1 atom stereocenters. The standard InChI is InChI=1S/C14H17N3O3S/c15-14-13(7-4-8-16-14)21(19,20)17-12(10-18)9-11-5-2-1-3-6-11/h1-8,12,17-18H,9-10H2,(H2,15,16)/t12-/m0/s1. The Morgan fingerprint density at radius 1 is 1.19 bits per heavy atom. The van der Waals surface area contributed by atoms with E-state index >= 15 is 0 Å². The van der Waals surface area contributed by atoms with Gasteiger partial charge in [0.2, 0.25) is 10.0 Å². The first-order chi connectivity index (χ1) is 10.0. The summed E-state index contributed by atoms with van der Waals surface area (Å²) in [6.45, 7) is -0.311. The fourth-order valence-corrected chi connectivity index (χ4v) is 3.26. The van der Waals surface area contributed by atoms with Crippen molar-refractivity contribution in [3.8, 4) is 0 Å². The van der Waals surface area contributed by atoms with Crippen LogP contribution in [0.5, 0.6) is 0 Å². The van der Waals surface area contributed by atoms with Gasteiger partial charge in [-0.2, -0.15) is 0 Å². The van der Waals surface area contributed by atoms with Crippen LogP contribution in [0.15, 0.2) is 53.6 Å². The van der Waals surface area contributed by atoms with Gasteiger partial charge in [-0.15, -0.1) is 0 Å². The van der Waals surface area contributed by atoms with Crippen molar-refractivity contribution in [2.24, 2.45) is 0 Å². The number of aromatic nitrogens is 1. The van der Waals surface area contributed by atoms with Crippen molar-refractivity contribution in [2.45, 2.75) is 17.4 Å². The van der Waals surface area contributed by atoms with E-state index in [1.165, 1.54) is 18.3 Å². The Hall–Kier alpha value is -1.96. The smallest absolute Gasteiger partial charge is 0.244 e. The highest BCUT2D eigenvalue weighted by atomic mass is 32.2. The first-order valence-corrected chi connectivity index (χ1v) is 7.89. The maximum Gasteiger partial charge on any atom is 0.244 e. The van der Waals surface area contributed by atoms with Crippen molar-refractivity contribution in [1.29, 1.82) is 0 Å². The summed E-state index contributed by atoms with van der Waals surface area (Å²) in [4.78, 5) is 3.67. The monoisotopic (exact) mass is 307 g/mol. The van der Waals surface area contributed by atoms with Crippen LogP contribution in [0.25, 0.3) is 0 Å². The molecule has 1 aromatic heterocycles. The number of anilines is 1. The summed E-state index contributed by atoms with van der Waals surface area (Å²) in [5.74, 6) is -0.0681. The number of aliphatic hydroxyl groups is 1. The summed E-state index contributed by atoms with van der Waals surface area (Å²) in [7, 11) is -3.82. The summed E-state index contributed by atoms with van der Waals surface area (Å²) in [5.41, 5.74) is 6.51. The minimum atomic E-state index is -3.82. The molecule has 1 aromatic carbocycles. The van der Waals surface area contributed by atoms with Gasteiger partial charge in [0, 0.05) is 12.2 Å². The van der Waals surface area contributed by atoms with E-state index in [0.717, 1.165) is 5.56 Å². The number of sulfonamides is 1. The van der Waals surface area contributed by atoms with Crippen molar-refractivity contribution in [3.05, 3.63) is 54.2 Å². The fraction of sp³-hybridized carbons (Fsp3) is 0.214. The van der Waals surface area contributed by atoms with Crippen LogP contribution in [0.4, 0.5) is 5.82 Å². The van der Waals surface area contributed by atoms with Gasteiger partial charge in [-0.3, -0.25) is 0 Å². The molecule has 0 radical (unpaired) electrons. The van der Waals surface area contributed by atoms with E-state index in [4.69, 9.17) is 5.73 Å². The number of rotatable bonds is 6. The number of nitrogen functional groups attached to an aromatic ring is 1. The molecule has 0 aliphatic rings. The summed E-state index contributed by atoms with van der Waals surface area (Å²) < 4.78 is 27.0. The predicted octanol–water partition coefficient (Wildman–Crippen LogP) is 0.546. The molecule has 0 fully saturated rings. The first kappa shape index (κ1) is 15.4. The second kappa shape index (κ2) is 6.66. The highest BCUT2D eigenvalue weighted by Gasteiger charge is 2.22. The Morgan fingerprint density at radius 2 is 1.90 bits per heavy atom. The van der Waals surface area contributed by atoms with Gasteiger partial charge >= 0.3 is 0 Å². The number of hydrogen-bond donors (Lipinski definition) is 3.